The third kappa shape index (κ3) is 5.75. The van der Waals surface area contributed by atoms with Crippen LogP contribution in [0.15, 0.2) is 24.3 Å². The van der Waals surface area contributed by atoms with Crippen LogP contribution >= 0.6 is 11.6 Å². The SMILES string of the molecule is CC(=O)N(CCNC(=O)NC1CCCCC1)c1cccc(Cl)c1. The lowest BCUT2D eigenvalue weighted by Crippen LogP contribution is -2.45. The van der Waals surface area contributed by atoms with Crippen LogP contribution in [-0.4, -0.2) is 31.1 Å². The zero-order chi connectivity index (χ0) is 16.7. The molecule has 1 aromatic rings. The van der Waals surface area contributed by atoms with Crippen molar-refractivity contribution in [3.05, 3.63) is 29.3 Å². The smallest absolute Gasteiger partial charge is 0.315 e. The molecule has 1 aromatic carbocycles. The van der Waals surface area contributed by atoms with Gasteiger partial charge in [-0.15, -0.1) is 0 Å². The third-order valence-corrected chi connectivity index (χ3v) is 4.30. The summed E-state index contributed by atoms with van der Waals surface area (Å²) in [4.78, 5) is 25.3. The number of anilines is 1. The molecule has 1 aliphatic rings. The molecule has 0 atom stereocenters. The highest BCUT2D eigenvalue weighted by molar-refractivity contribution is 6.30. The van der Waals surface area contributed by atoms with Gasteiger partial charge in [-0.25, -0.2) is 4.79 Å². The van der Waals surface area contributed by atoms with Crippen LogP contribution < -0.4 is 15.5 Å². The quantitative estimate of drug-likeness (QED) is 0.865. The highest BCUT2D eigenvalue weighted by Gasteiger charge is 2.16. The van der Waals surface area contributed by atoms with E-state index in [9.17, 15) is 9.59 Å². The zero-order valence-corrected chi connectivity index (χ0v) is 14.2. The van der Waals surface area contributed by atoms with Gasteiger partial charge in [-0.05, 0) is 31.0 Å². The molecule has 1 aliphatic carbocycles. The monoisotopic (exact) mass is 337 g/mol. The molecule has 2 N–H and O–H groups in total. The topological polar surface area (TPSA) is 61.4 Å². The Morgan fingerprint density at radius 3 is 2.65 bits per heavy atom. The van der Waals surface area contributed by atoms with E-state index < -0.39 is 0 Å². The van der Waals surface area contributed by atoms with Gasteiger partial charge in [-0.3, -0.25) is 4.79 Å². The van der Waals surface area contributed by atoms with Gasteiger partial charge in [0.2, 0.25) is 5.91 Å². The number of benzene rings is 1. The van der Waals surface area contributed by atoms with Crippen LogP contribution in [-0.2, 0) is 4.79 Å². The predicted molar refractivity (Wildman–Crippen MR) is 92.9 cm³/mol. The van der Waals surface area contributed by atoms with Crippen molar-refractivity contribution in [3.63, 3.8) is 0 Å². The van der Waals surface area contributed by atoms with Gasteiger partial charge in [0.1, 0.15) is 0 Å². The van der Waals surface area contributed by atoms with Crippen molar-refractivity contribution >= 4 is 29.2 Å². The number of hydrogen-bond acceptors (Lipinski definition) is 2. The van der Waals surface area contributed by atoms with Gasteiger partial charge in [0.25, 0.3) is 0 Å². The number of rotatable bonds is 5. The lowest BCUT2D eigenvalue weighted by Gasteiger charge is -2.24. The normalized spacial score (nSPS) is 15.0. The number of nitrogens with zero attached hydrogens (tertiary/aromatic N) is 1. The Hall–Kier alpha value is -1.75. The zero-order valence-electron chi connectivity index (χ0n) is 13.5. The summed E-state index contributed by atoms with van der Waals surface area (Å²) in [5.41, 5.74) is 0.736. The van der Waals surface area contributed by atoms with Crippen molar-refractivity contribution in [2.24, 2.45) is 0 Å². The van der Waals surface area contributed by atoms with E-state index in [-0.39, 0.29) is 18.0 Å². The van der Waals surface area contributed by atoms with Crippen molar-refractivity contribution < 1.29 is 9.59 Å². The summed E-state index contributed by atoms with van der Waals surface area (Å²) >= 11 is 5.97. The molecule has 1 saturated carbocycles. The first-order valence-electron chi connectivity index (χ1n) is 8.14. The molecule has 3 amide bonds. The number of nitrogens with one attached hydrogen (secondary N) is 2. The van der Waals surface area contributed by atoms with Crippen LogP contribution in [0, 0.1) is 0 Å². The van der Waals surface area contributed by atoms with E-state index in [1.807, 2.05) is 6.07 Å². The summed E-state index contributed by atoms with van der Waals surface area (Å²) < 4.78 is 0. The number of halogens is 1. The summed E-state index contributed by atoms with van der Waals surface area (Å²) in [5, 5.41) is 6.40. The first kappa shape index (κ1) is 17.6. The molecule has 0 radical (unpaired) electrons. The van der Waals surface area contributed by atoms with Crippen molar-refractivity contribution in [1.82, 2.24) is 10.6 Å². The van der Waals surface area contributed by atoms with Gasteiger partial charge >= 0.3 is 6.03 Å². The van der Waals surface area contributed by atoms with Gasteiger partial charge < -0.3 is 15.5 Å². The molecule has 0 aromatic heterocycles. The average molecular weight is 338 g/mol. The Morgan fingerprint density at radius 1 is 1.26 bits per heavy atom. The van der Waals surface area contributed by atoms with E-state index in [2.05, 4.69) is 10.6 Å². The molecular weight excluding hydrogens is 314 g/mol. The highest BCUT2D eigenvalue weighted by atomic mass is 35.5. The van der Waals surface area contributed by atoms with E-state index in [0.717, 1.165) is 18.5 Å². The van der Waals surface area contributed by atoms with Crippen LogP contribution in [0.1, 0.15) is 39.0 Å². The molecule has 0 spiro atoms. The standard InChI is InChI=1S/C17H24ClN3O2/c1-13(22)21(16-9-5-6-14(18)12-16)11-10-19-17(23)20-15-7-3-2-4-8-15/h5-6,9,12,15H,2-4,7-8,10-11H2,1H3,(H2,19,20,23). The van der Waals surface area contributed by atoms with Crippen molar-refractivity contribution in [2.75, 3.05) is 18.0 Å². The van der Waals surface area contributed by atoms with Gasteiger partial charge in [-0.2, -0.15) is 0 Å². The van der Waals surface area contributed by atoms with Crippen LogP contribution in [0.2, 0.25) is 5.02 Å². The van der Waals surface area contributed by atoms with E-state index in [1.165, 1.54) is 26.2 Å². The lowest BCUT2D eigenvalue weighted by molar-refractivity contribution is -0.116. The maximum atomic E-state index is 11.9. The minimum absolute atomic E-state index is 0.0817. The second kappa shape index (κ2) is 8.77. The fourth-order valence-corrected chi connectivity index (χ4v) is 3.06. The van der Waals surface area contributed by atoms with Crippen LogP contribution in [0.5, 0.6) is 0 Å². The highest BCUT2D eigenvalue weighted by Crippen LogP contribution is 2.19. The maximum absolute atomic E-state index is 11.9. The summed E-state index contributed by atoms with van der Waals surface area (Å²) in [6, 6.07) is 7.25. The number of carbonyl (C=O) groups is 2. The van der Waals surface area contributed by atoms with E-state index in [4.69, 9.17) is 11.6 Å². The molecule has 0 heterocycles. The van der Waals surface area contributed by atoms with Gasteiger partial charge in [0.05, 0.1) is 0 Å². The summed E-state index contributed by atoms with van der Waals surface area (Å²) in [5.74, 6) is -0.0817. The summed E-state index contributed by atoms with van der Waals surface area (Å²) in [7, 11) is 0. The minimum atomic E-state index is -0.161. The van der Waals surface area contributed by atoms with Gasteiger partial charge in [0.15, 0.2) is 0 Å². The number of hydrogen-bond donors (Lipinski definition) is 2. The fraction of sp³-hybridized carbons (Fsp3) is 0.529. The maximum Gasteiger partial charge on any atom is 0.315 e. The van der Waals surface area contributed by atoms with Gasteiger partial charge in [0, 0.05) is 36.8 Å². The van der Waals surface area contributed by atoms with Crippen molar-refractivity contribution in [2.45, 2.75) is 45.1 Å². The van der Waals surface area contributed by atoms with E-state index >= 15 is 0 Å². The molecule has 1 fully saturated rings. The van der Waals surface area contributed by atoms with Crippen LogP contribution in [0.4, 0.5) is 10.5 Å². The average Bonchev–Trinajstić information content (AvgIpc) is 2.52. The predicted octanol–water partition coefficient (Wildman–Crippen LogP) is 3.32. The second-order valence-electron chi connectivity index (χ2n) is 5.89. The first-order chi connectivity index (χ1) is 11.1. The summed E-state index contributed by atoms with van der Waals surface area (Å²) in [6.07, 6.45) is 5.72. The number of carbonyl (C=O) groups excluding carboxylic acids is 2. The Morgan fingerprint density at radius 2 is 2.00 bits per heavy atom. The van der Waals surface area contributed by atoms with Gasteiger partial charge in [-0.1, -0.05) is 36.9 Å². The van der Waals surface area contributed by atoms with Crippen molar-refractivity contribution in [1.29, 1.82) is 0 Å². The van der Waals surface area contributed by atoms with Crippen molar-refractivity contribution in [3.8, 4) is 0 Å². The Balaban J connectivity index is 1.80. The minimum Gasteiger partial charge on any atom is -0.336 e. The molecule has 23 heavy (non-hydrogen) atoms. The largest absolute Gasteiger partial charge is 0.336 e. The second-order valence-corrected chi connectivity index (χ2v) is 6.32. The molecular formula is C17H24ClN3O2. The third-order valence-electron chi connectivity index (χ3n) is 4.06. The lowest BCUT2D eigenvalue weighted by atomic mass is 9.96. The van der Waals surface area contributed by atoms with E-state index in [0.29, 0.717) is 18.1 Å². The first-order valence-corrected chi connectivity index (χ1v) is 8.52. The Kier molecular flexibility index (Phi) is 6.71. The molecule has 0 saturated heterocycles. The molecule has 0 unspecified atom stereocenters. The van der Waals surface area contributed by atoms with Crippen LogP contribution in [0.3, 0.4) is 0 Å². The number of amides is 3. The fourth-order valence-electron chi connectivity index (χ4n) is 2.88. The number of urea groups is 1. The molecule has 2 rings (SSSR count). The molecule has 0 aliphatic heterocycles. The molecule has 126 valence electrons. The molecule has 0 bridgehead atoms. The van der Waals surface area contributed by atoms with E-state index in [1.54, 1.807) is 23.1 Å². The Bertz CT molecular complexity index is 544. The van der Waals surface area contributed by atoms with Crippen LogP contribution in [0.25, 0.3) is 0 Å². The molecule has 6 heteroatoms. The Labute approximate surface area is 142 Å². The molecule has 5 nitrogen and oxygen atoms in total. The summed E-state index contributed by atoms with van der Waals surface area (Å²) in [6.45, 7) is 2.31.